The molecule has 3 aromatic rings. The van der Waals surface area contributed by atoms with Gasteiger partial charge in [-0.15, -0.1) is 0 Å². The largest absolute Gasteiger partial charge is 0.321 e. The molecule has 0 unspecified atom stereocenters. The molecule has 2 aromatic heterocycles. The second-order valence-corrected chi connectivity index (χ2v) is 6.45. The Bertz CT molecular complexity index is 942. The molecular formula is C19H20N4O. The van der Waals surface area contributed by atoms with Crippen molar-refractivity contribution in [3.8, 4) is 0 Å². The number of aryl methyl sites for hydroxylation is 4. The van der Waals surface area contributed by atoms with Crippen molar-refractivity contribution < 1.29 is 4.79 Å². The third-order valence-corrected chi connectivity index (χ3v) is 4.73. The van der Waals surface area contributed by atoms with Crippen molar-refractivity contribution in [1.82, 2.24) is 14.8 Å². The highest BCUT2D eigenvalue weighted by Gasteiger charge is 2.14. The molecule has 24 heavy (non-hydrogen) atoms. The molecular weight excluding hydrogens is 300 g/mol. The fourth-order valence-corrected chi connectivity index (χ4v) is 3.45. The first kappa shape index (κ1) is 14.9. The maximum Gasteiger partial charge on any atom is 0.255 e. The van der Waals surface area contributed by atoms with Crippen molar-refractivity contribution in [3.63, 3.8) is 0 Å². The van der Waals surface area contributed by atoms with E-state index >= 15 is 0 Å². The predicted octanol–water partition coefficient (Wildman–Crippen LogP) is 3.41. The Labute approximate surface area is 140 Å². The number of benzene rings is 1. The molecule has 0 aliphatic heterocycles. The number of amides is 1. The zero-order valence-electron chi connectivity index (χ0n) is 14.0. The predicted molar refractivity (Wildman–Crippen MR) is 94.3 cm³/mol. The summed E-state index contributed by atoms with van der Waals surface area (Å²) < 4.78 is 1.75. The lowest BCUT2D eigenvalue weighted by Gasteiger charge is -2.16. The van der Waals surface area contributed by atoms with Crippen LogP contribution >= 0.6 is 0 Å². The Morgan fingerprint density at radius 2 is 1.96 bits per heavy atom. The van der Waals surface area contributed by atoms with Crippen LogP contribution in [0.15, 0.2) is 30.5 Å². The van der Waals surface area contributed by atoms with Gasteiger partial charge in [0, 0.05) is 18.0 Å². The summed E-state index contributed by atoms with van der Waals surface area (Å²) in [5.41, 5.74) is 5.82. The Morgan fingerprint density at radius 1 is 1.17 bits per heavy atom. The van der Waals surface area contributed by atoms with Gasteiger partial charge < -0.3 is 5.32 Å². The molecule has 4 rings (SSSR count). The van der Waals surface area contributed by atoms with Crippen molar-refractivity contribution in [2.24, 2.45) is 7.05 Å². The number of carbonyl (C=O) groups is 1. The van der Waals surface area contributed by atoms with Gasteiger partial charge in [-0.3, -0.25) is 9.48 Å². The molecule has 1 amide bonds. The minimum Gasteiger partial charge on any atom is -0.321 e. The van der Waals surface area contributed by atoms with Crippen LogP contribution in [0, 0.1) is 6.92 Å². The Balaban J connectivity index is 1.61. The van der Waals surface area contributed by atoms with Gasteiger partial charge in [0.05, 0.1) is 17.6 Å². The molecule has 122 valence electrons. The van der Waals surface area contributed by atoms with Crippen LogP contribution in [0.25, 0.3) is 11.0 Å². The standard InChI is InChI=1S/C19H20N4O/c1-12-17-10-16(11-20-18(17)23(2)22-12)21-19(24)15-8-7-13-5-3-4-6-14(13)9-15/h7-11H,3-6H2,1-2H3,(H,21,24). The molecule has 0 atom stereocenters. The van der Waals surface area contributed by atoms with E-state index in [2.05, 4.69) is 21.5 Å². The van der Waals surface area contributed by atoms with E-state index < -0.39 is 0 Å². The van der Waals surface area contributed by atoms with Crippen LogP contribution in [0.4, 0.5) is 5.69 Å². The summed E-state index contributed by atoms with van der Waals surface area (Å²) in [5.74, 6) is -0.0916. The summed E-state index contributed by atoms with van der Waals surface area (Å²) in [6.07, 6.45) is 6.32. The second-order valence-electron chi connectivity index (χ2n) is 6.45. The number of aromatic nitrogens is 3. The highest BCUT2D eigenvalue weighted by atomic mass is 16.1. The zero-order chi connectivity index (χ0) is 16.7. The first-order chi connectivity index (χ1) is 11.6. The molecule has 0 bridgehead atoms. The number of hydrogen-bond donors (Lipinski definition) is 1. The molecule has 0 fully saturated rings. The van der Waals surface area contributed by atoms with Gasteiger partial charge in [0.15, 0.2) is 5.65 Å². The molecule has 0 spiro atoms. The zero-order valence-corrected chi connectivity index (χ0v) is 14.0. The van der Waals surface area contributed by atoms with Gasteiger partial charge in [-0.2, -0.15) is 5.10 Å². The highest BCUT2D eigenvalue weighted by molar-refractivity contribution is 6.05. The topological polar surface area (TPSA) is 59.8 Å². The minimum absolute atomic E-state index is 0.0916. The quantitative estimate of drug-likeness (QED) is 0.787. The molecule has 1 N–H and O–H groups in total. The molecule has 0 radical (unpaired) electrons. The monoisotopic (exact) mass is 320 g/mol. The van der Waals surface area contributed by atoms with Gasteiger partial charge in [0.25, 0.3) is 5.91 Å². The van der Waals surface area contributed by atoms with Crippen molar-refractivity contribution in [3.05, 3.63) is 52.8 Å². The highest BCUT2D eigenvalue weighted by Crippen LogP contribution is 2.23. The fraction of sp³-hybridized carbons (Fsp3) is 0.316. The van der Waals surface area contributed by atoms with Crippen LogP contribution in [-0.4, -0.2) is 20.7 Å². The van der Waals surface area contributed by atoms with Crippen molar-refractivity contribution in [1.29, 1.82) is 0 Å². The van der Waals surface area contributed by atoms with E-state index in [0.29, 0.717) is 11.3 Å². The van der Waals surface area contributed by atoms with Crippen LogP contribution in [0.5, 0.6) is 0 Å². The maximum absolute atomic E-state index is 12.6. The number of nitrogens with one attached hydrogen (secondary N) is 1. The van der Waals surface area contributed by atoms with E-state index in [9.17, 15) is 4.79 Å². The lowest BCUT2D eigenvalue weighted by atomic mass is 9.90. The van der Waals surface area contributed by atoms with Gasteiger partial charge >= 0.3 is 0 Å². The molecule has 0 saturated carbocycles. The number of carbonyl (C=O) groups excluding carboxylic acids is 1. The minimum atomic E-state index is -0.0916. The third kappa shape index (κ3) is 2.56. The fourth-order valence-electron chi connectivity index (χ4n) is 3.45. The number of hydrogen-bond acceptors (Lipinski definition) is 3. The van der Waals surface area contributed by atoms with Crippen LogP contribution in [0.1, 0.15) is 40.0 Å². The summed E-state index contributed by atoms with van der Waals surface area (Å²) in [5, 5.41) is 8.27. The number of anilines is 1. The normalized spacial score (nSPS) is 13.8. The number of fused-ring (bicyclic) bond motifs is 2. The van der Waals surface area contributed by atoms with Crippen LogP contribution < -0.4 is 5.32 Å². The molecule has 5 heteroatoms. The summed E-state index contributed by atoms with van der Waals surface area (Å²) >= 11 is 0. The van der Waals surface area contributed by atoms with E-state index in [1.54, 1.807) is 10.9 Å². The van der Waals surface area contributed by atoms with Crippen LogP contribution in [-0.2, 0) is 19.9 Å². The van der Waals surface area contributed by atoms with Gasteiger partial charge in [-0.1, -0.05) is 6.07 Å². The van der Waals surface area contributed by atoms with Gasteiger partial charge in [-0.05, 0) is 61.9 Å². The van der Waals surface area contributed by atoms with E-state index in [1.807, 2.05) is 32.2 Å². The van der Waals surface area contributed by atoms with Crippen LogP contribution in [0.3, 0.4) is 0 Å². The SMILES string of the molecule is Cc1nn(C)c2ncc(NC(=O)c3ccc4c(c3)CCCC4)cc12. The van der Waals surface area contributed by atoms with E-state index in [4.69, 9.17) is 0 Å². The first-order valence-electron chi connectivity index (χ1n) is 8.34. The van der Waals surface area contributed by atoms with Gasteiger partial charge in [-0.25, -0.2) is 4.98 Å². The molecule has 1 aromatic carbocycles. The molecule has 0 saturated heterocycles. The number of nitrogens with zero attached hydrogens (tertiary/aromatic N) is 3. The van der Waals surface area contributed by atoms with Gasteiger partial charge in [0.1, 0.15) is 0 Å². The van der Waals surface area contributed by atoms with E-state index in [1.165, 1.54) is 24.0 Å². The second kappa shape index (κ2) is 5.74. The van der Waals surface area contributed by atoms with E-state index in [0.717, 1.165) is 29.6 Å². The summed E-state index contributed by atoms with van der Waals surface area (Å²) in [6.45, 7) is 1.94. The molecule has 2 heterocycles. The first-order valence-corrected chi connectivity index (χ1v) is 8.34. The van der Waals surface area contributed by atoms with Crippen molar-refractivity contribution in [2.45, 2.75) is 32.6 Å². The third-order valence-electron chi connectivity index (χ3n) is 4.73. The van der Waals surface area contributed by atoms with Crippen LogP contribution in [0.2, 0.25) is 0 Å². The summed E-state index contributed by atoms with van der Waals surface area (Å²) in [7, 11) is 1.87. The Hall–Kier alpha value is -2.69. The molecule has 5 nitrogen and oxygen atoms in total. The van der Waals surface area contributed by atoms with Crippen molar-refractivity contribution in [2.75, 3.05) is 5.32 Å². The lowest BCUT2D eigenvalue weighted by Crippen LogP contribution is -2.13. The Kier molecular flexibility index (Phi) is 3.56. The average molecular weight is 320 g/mol. The van der Waals surface area contributed by atoms with E-state index in [-0.39, 0.29) is 5.91 Å². The number of rotatable bonds is 2. The maximum atomic E-state index is 12.6. The van der Waals surface area contributed by atoms with Crippen molar-refractivity contribution >= 4 is 22.6 Å². The number of pyridine rings is 1. The molecule has 1 aliphatic carbocycles. The smallest absolute Gasteiger partial charge is 0.255 e. The Morgan fingerprint density at radius 3 is 2.79 bits per heavy atom. The summed E-state index contributed by atoms with van der Waals surface area (Å²) in [4.78, 5) is 17.0. The van der Waals surface area contributed by atoms with Gasteiger partial charge in [0.2, 0.25) is 0 Å². The molecule has 1 aliphatic rings. The average Bonchev–Trinajstić information content (AvgIpc) is 2.88. The summed E-state index contributed by atoms with van der Waals surface area (Å²) in [6, 6.07) is 7.98. The lowest BCUT2D eigenvalue weighted by molar-refractivity contribution is 0.102.